The van der Waals surface area contributed by atoms with Gasteiger partial charge in [0.05, 0.1) is 11.1 Å². The summed E-state index contributed by atoms with van der Waals surface area (Å²) in [4.78, 5) is 19.6. The number of anilines is 1. The van der Waals surface area contributed by atoms with Crippen LogP contribution in [0.5, 0.6) is 0 Å². The Balaban J connectivity index is 1.93. The lowest BCUT2D eigenvalue weighted by atomic mass is 9.89. The molecule has 1 atom stereocenters. The first kappa shape index (κ1) is 14.3. The summed E-state index contributed by atoms with van der Waals surface area (Å²) >= 11 is 1.63. The highest BCUT2D eigenvalue weighted by atomic mass is 32.1. The molecule has 114 valence electrons. The van der Waals surface area contributed by atoms with Crippen molar-refractivity contribution in [2.45, 2.75) is 26.8 Å². The number of nitrogens with zero attached hydrogens (tertiary/aromatic N) is 3. The Kier molecular flexibility index (Phi) is 3.62. The molecule has 1 aliphatic rings. The molecule has 2 aromatic rings. The second-order valence-electron chi connectivity index (χ2n) is 5.81. The van der Waals surface area contributed by atoms with Crippen LogP contribution in [0, 0.1) is 5.41 Å². The van der Waals surface area contributed by atoms with Gasteiger partial charge in [0.15, 0.2) is 10.8 Å². The molecule has 6 nitrogen and oxygen atoms in total. The molecule has 0 radical (unpaired) electrons. The minimum Gasteiger partial charge on any atom is -0.369 e. The molecule has 21 heavy (non-hydrogen) atoms. The lowest BCUT2D eigenvalue weighted by Crippen LogP contribution is -2.37. The fraction of sp³-hybridized carbons (Fsp3) is 0.571. The molecule has 0 bridgehead atoms. The minimum absolute atomic E-state index is 0.223. The van der Waals surface area contributed by atoms with Crippen LogP contribution in [0.2, 0.25) is 0 Å². The summed E-state index contributed by atoms with van der Waals surface area (Å²) in [5.41, 5.74) is 6.25. The van der Waals surface area contributed by atoms with Gasteiger partial charge >= 0.3 is 0 Å². The molecule has 0 spiro atoms. The number of amides is 1. The largest absolute Gasteiger partial charge is 0.369 e. The van der Waals surface area contributed by atoms with E-state index in [9.17, 15) is 4.79 Å². The Morgan fingerprint density at radius 3 is 3.10 bits per heavy atom. The van der Waals surface area contributed by atoms with Gasteiger partial charge in [-0.15, -0.1) is 11.3 Å². The van der Waals surface area contributed by atoms with E-state index >= 15 is 0 Å². The molecule has 3 heterocycles. The fourth-order valence-corrected chi connectivity index (χ4v) is 3.55. The monoisotopic (exact) mass is 307 g/mol. The molecular weight excluding hydrogens is 286 g/mol. The average Bonchev–Trinajstić information content (AvgIpc) is 3.11. The molecular formula is C14H21N5OS. The maximum atomic E-state index is 11.6. The van der Waals surface area contributed by atoms with Crippen molar-refractivity contribution in [2.24, 2.45) is 11.1 Å². The number of hydrogen-bond acceptors (Lipinski definition) is 5. The highest BCUT2D eigenvalue weighted by Crippen LogP contribution is 2.35. The van der Waals surface area contributed by atoms with Crippen molar-refractivity contribution < 1.29 is 4.79 Å². The van der Waals surface area contributed by atoms with Crippen LogP contribution in [0.1, 0.15) is 26.0 Å². The summed E-state index contributed by atoms with van der Waals surface area (Å²) in [5, 5.41) is 5.41. The van der Waals surface area contributed by atoms with Crippen LogP contribution in [0.4, 0.5) is 5.82 Å². The number of nitrogens with two attached hydrogens (primary N) is 1. The molecule has 1 amide bonds. The summed E-state index contributed by atoms with van der Waals surface area (Å²) < 4.78 is 2.13. The normalized spacial score (nSPS) is 22.3. The van der Waals surface area contributed by atoms with Crippen LogP contribution in [0.25, 0.3) is 4.96 Å². The van der Waals surface area contributed by atoms with E-state index in [1.807, 2.05) is 18.5 Å². The molecule has 0 saturated carbocycles. The van der Waals surface area contributed by atoms with Crippen molar-refractivity contribution in [1.29, 1.82) is 0 Å². The predicted octanol–water partition coefficient (Wildman–Crippen LogP) is 1.21. The third-order valence-electron chi connectivity index (χ3n) is 4.25. The summed E-state index contributed by atoms with van der Waals surface area (Å²) in [6.07, 6.45) is 2.83. The molecule has 1 unspecified atom stereocenters. The maximum absolute atomic E-state index is 11.6. The van der Waals surface area contributed by atoms with E-state index in [2.05, 4.69) is 21.5 Å². The van der Waals surface area contributed by atoms with Gasteiger partial charge in [-0.05, 0) is 19.9 Å². The van der Waals surface area contributed by atoms with Gasteiger partial charge in [0.25, 0.3) is 0 Å². The Morgan fingerprint density at radius 1 is 1.62 bits per heavy atom. The van der Waals surface area contributed by atoms with Gasteiger partial charge in [0.2, 0.25) is 5.91 Å². The van der Waals surface area contributed by atoms with Crippen molar-refractivity contribution in [3.63, 3.8) is 0 Å². The van der Waals surface area contributed by atoms with E-state index in [0.717, 1.165) is 42.5 Å². The first-order valence-electron chi connectivity index (χ1n) is 7.25. The topological polar surface area (TPSA) is 75.7 Å². The van der Waals surface area contributed by atoms with E-state index in [-0.39, 0.29) is 5.91 Å². The van der Waals surface area contributed by atoms with Crippen LogP contribution in [-0.2, 0) is 11.3 Å². The van der Waals surface area contributed by atoms with Crippen LogP contribution < -0.4 is 16.0 Å². The predicted molar refractivity (Wildman–Crippen MR) is 84.6 cm³/mol. The van der Waals surface area contributed by atoms with Gasteiger partial charge in [-0.25, -0.2) is 4.98 Å². The molecule has 3 rings (SSSR count). The Morgan fingerprint density at radius 2 is 2.43 bits per heavy atom. The average molecular weight is 307 g/mol. The van der Waals surface area contributed by atoms with Crippen LogP contribution in [-0.4, -0.2) is 34.9 Å². The lowest BCUT2D eigenvalue weighted by Gasteiger charge is -2.22. The Hall–Kier alpha value is -1.60. The van der Waals surface area contributed by atoms with Gasteiger partial charge in [0, 0.05) is 31.2 Å². The summed E-state index contributed by atoms with van der Waals surface area (Å²) in [6, 6.07) is 0. The number of carbonyl (C=O) groups is 1. The Labute approximate surface area is 127 Å². The number of rotatable bonds is 5. The van der Waals surface area contributed by atoms with Crippen molar-refractivity contribution in [3.05, 3.63) is 17.3 Å². The number of primary amides is 1. The molecule has 2 aromatic heterocycles. The zero-order valence-corrected chi connectivity index (χ0v) is 13.2. The number of aromatic nitrogens is 2. The zero-order chi connectivity index (χ0) is 15.0. The highest BCUT2D eigenvalue weighted by Gasteiger charge is 2.40. The number of nitrogens with one attached hydrogen (secondary N) is 1. The Bertz CT molecular complexity index is 663. The summed E-state index contributed by atoms with van der Waals surface area (Å²) in [7, 11) is 0. The molecule has 0 aliphatic carbocycles. The maximum Gasteiger partial charge on any atom is 0.225 e. The molecule has 0 aromatic carbocycles. The lowest BCUT2D eigenvalue weighted by molar-refractivity contribution is -0.125. The smallest absolute Gasteiger partial charge is 0.225 e. The quantitative estimate of drug-likeness (QED) is 0.870. The summed E-state index contributed by atoms with van der Waals surface area (Å²) in [6.45, 7) is 7.18. The molecule has 7 heteroatoms. The molecule has 1 fully saturated rings. The highest BCUT2D eigenvalue weighted by molar-refractivity contribution is 7.15. The third kappa shape index (κ3) is 2.40. The molecule has 1 saturated heterocycles. The summed E-state index contributed by atoms with van der Waals surface area (Å²) in [5.74, 6) is 0.757. The fourth-order valence-electron chi connectivity index (χ4n) is 2.83. The van der Waals surface area contributed by atoms with Crippen LogP contribution in [0.15, 0.2) is 11.6 Å². The number of imidazole rings is 1. The van der Waals surface area contributed by atoms with Crippen LogP contribution >= 0.6 is 11.3 Å². The molecule has 3 N–H and O–H groups in total. The minimum atomic E-state index is -0.452. The first-order chi connectivity index (χ1) is 10.0. The second kappa shape index (κ2) is 5.31. The van der Waals surface area contributed by atoms with Gasteiger partial charge in [0.1, 0.15) is 0 Å². The van der Waals surface area contributed by atoms with Gasteiger partial charge in [-0.2, -0.15) is 0 Å². The van der Waals surface area contributed by atoms with Gasteiger partial charge in [-0.3, -0.25) is 9.20 Å². The second-order valence-corrected chi connectivity index (χ2v) is 6.69. The van der Waals surface area contributed by atoms with E-state index in [0.29, 0.717) is 6.54 Å². The van der Waals surface area contributed by atoms with E-state index in [4.69, 9.17) is 10.7 Å². The number of thiazole rings is 1. The van der Waals surface area contributed by atoms with Crippen molar-refractivity contribution in [1.82, 2.24) is 14.7 Å². The van der Waals surface area contributed by atoms with Crippen LogP contribution in [0.3, 0.4) is 0 Å². The van der Waals surface area contributed by atoms with E-state index in [1.54, 1.807) is 11.3 Å². The number of hydrogen-bond donors (Lipinski definition) is 2. The number of carbonyl (C=O) groups excluding carboxylic acids is 1. The standard InChI is InChI=1S/C14H21N5OS/c1-3-16-8-10-11(17-13-19(10)6-7-21-13)18-5-4-14(2,9-18)12(15)20/h6-7,16H,3-5,8-9H2,1-2H3,(H2,15,20). The van der Waals surface area contributed by atoms with Crippen molar-refractivity contribution in [3.8, 4) is 0 Å². The third-order valence-corrected chi connectivity index (χ3v) is 5.01. The number of fused-ring (bicyclic) bond motifs is 1. The van der Waals surface area contributed by atoms with Crippen molar-refractivity contribution >= 4 is 28.0 Å². The van der Waals surface area contributed by atoms with Gasteiger partial charge in [-0.1, -0.05) is 6.92 Å². The molecule has 1 aliphatic heterocycles. The SMILES string of the molecule is CCNCc1c(N2CCC(C)(C(N)=O)C2)nc2sccn12. The van der Waals surface area contributed by atoms with E-state index < -0.39 is 5.41 Å². The van der Waals surface area contributed by atoms with Crippen molar-refractivity contribution in [2.75, 3.05) is 24.5 Å². The van der Waals surface area contributed by atoms with E-state index in [1.165, 1.54) is 0 Å². The van der Waals surface area contributed by atoms with Gasteiger partial charge < -0.3 is 16.0 Å². The first-order valence-corrected chi connectivity index (χ1v) is 8.13. The zero-order valence-electron chi connectivity index (χ0n) is 12.4.